The fourth-order valence-electron chi connectivity index (χ4n) is 7.16. The Bertz CT molecular complexity index is 863. The van der Waals surface area contributed by atoms with Gasteiger partial charge < -0.3 is 29.5 Å². The van der Waals surface area contributed by atoms with Crippen LogP contribution < -0.4 is 0 Å². The molecule has 0 aromatic carbocycles. The molecule has 6 aliphatic rings. The van der Waals surface area contributed by atoms with Crippen LogP contribution in [0.3, 0.4) is 0 Å². The van der Waals surface area contributed by atoms with Crippen LogP contribution in [0.15, 0.2) is 11.3 Å². The highest BCUT2D eigenvalue weighted by atomic mass is 16.6. The second-order valence-corrected chi connectivity index (χ2v) is 10.1. The molecule has 10 unspecified atom stereocenters. The third-order valence-electron chi connectivity index (χ3n) is 8.55. The van der Waals surface area contributed by atoms with Crippen LogP contribution in [0.4, 0.5) is 0 Å². The third-order valence-corrected chi connectivity index (χ3v) is 8.55. The molecule has 8 nitrogen and oxygen atoms in total. The lowest BCUT2D eigenvalue weighted by Gasteiger charge is -2.63. The second-order valence-electron chi connectivity index (χ2n) is 10.1. The molecule has 5 fully saturated rings. The predicted octanol–water partition coefficient (Wildman–Crippen LogP) is 0.643. The largest absolute Gasteiger partial charge is 0.511 e. The highest BCUT2D eigenvalue weighted by Crippen LogP contribution is 2.73. The highest BCUT2D eigenvalue weighted by molar-refractivity contribution is 6.01. The second kappa shape index (κ2) is 5.22. The Morgan fingerprint density at radius 3 is 2.45 bits per heavy atom. The van der Waals surface area contributed by atoms with Gasteiger partial charge >= 0.3 is 5.97 Å². The van der Waals surface area contributed by atoms with Crippen LogP contribution in [-0.2, 0) is 23.8 Å². The van der Waals surface area contributed by atoms with Gasteiger partial charge in [-0.25, -0.2) is 4.79 Å². The molecule has 29 heavy (non-hydrogen) atoms. The Labute approximate surface area is 168 Å². The fourth-order valence-corrected chi connectivity index (χ4v) is 7.16. The fraction of sp³-hybridized carbons (Fsp3) is 0.810. The SMILES string of the molecule is COC1C2C(O)C3(C)OC45C(=C(O)C(C)CC(C)(O)C(=O)C14)C(=O)OC25CC3C. The Balaban J connectivity index is 1.90. The van der Waals surface area contributed by atoms with Crippen molar-refractivity contribution >= 4 is 11.8 Å². The van der Waals surface area contributed by atoms with Crippen LogP contribution in [0.2, 0.25) is 0 Å². The monoisotopic (exact) mass is 408 g/mol. The van der Waals surface area contributed by atoms with E-state index in [0.29, 0.717) is 6.42 Å². The average Bonchev–Trinajstić information content (AvgIpc) is 2.96. The van der Waals surface area contributed by atoms with E-state index in [1.165, 1.54) is 14.0 Å². The zero-order chi connectivity index (χ0) is 21.3. The van der Waals surface area contributed by atoms with Gasteiger partial charge in [0.15, 0.2) is 17.0 Å². The summed E-state index contributed by atoms with van der Waals surface area (Å²) in [5.41, 5.74) is -5.81. The molecule has 3 aliphatic carbocycles. The molecule has 3 heterocycles. The summed E-state index contributed by atoms with van der Waals surface area (Å²) in [6.45, 7) is 6.75. The van der Waals surface area contributed by atoms with E-state index in [1.54, 1.807) is 13.8 Å². The number of Topliss-reactive ketones (excluding diaryl/α,β-unsaturated/α-hetero) is 1. The Hall–Kier alpha value is -1.48. The van der Waals surface area contributed by atoms with Gasteiger partial charge in [0.1, 0.15) is 16.9 Å². The summed E-state index contributed by atoms with van der Waals surface area (Å²) in [5, 5.41) is 33.4. The summed E-state index contributed by atoms with van der Waals surface area (Å²) >= 11 is 0. The van der Waals surface area contributed by atoms with Crippen molar-refractivity contribution in [2.45, 2.75) is 75.1 Å². The number of esters is 1. The average molecular weight is 408 g/mol. The first-order chi connectivity index (χ1) is 13.4. The number of methoxy groups -OCH3 is 1. The van der Waals surface area contributed by atoms with Crippen LogP contribution >= 0.6 is 0 Å². The molecule has 6 rings (SSSR count). The summed E-state index contributed by atoms with van der Waals surface area (Å²) in [7, 11) is 1.44. The number of carbonyl (C=O) groups is 2. The van der Waals surface area contributed by atoms with E-state index < -0.39 is 64.1 Å². The quantitative estimate of drug-likeness (QED) is 0.541. The zero-order valence-corrected chi connectivity index (χ0v) is 17.3. The standard InChI is InChI=1S/C21H28O8/c1-8-6-18(3,26)15(23)12-14(27-5)11-16(24)19(4)9(2)7-20(11)21(12,29-19)10(13(8)22)17(25)28-20/h8-9,11-12,14,16,22,24,26H,6-7H2,1-5H3. The van der Waals surface area contributed by atoms with E-state index in [9.17, 15) is 24.9 Å². The van der Waals surface area contributed by atoms with Crippen molar-refractivity contribution in [1.29, 1.82) is 0 Å². The van der Waals surface area contributed by atoms with Gasteiger partial charge in [0.05, 0.1) is 29.6 Å². The lowest BCUT2D eigenvalue weighted by atomic mass is 9.55. The maximum absolute atomic E-state index is 13.7. The van der Waals surface area contributed by atoms with E-state index in [2.05, 4.69) is 0 Å². The van der Waals surface area contributed by atoms with E-state index in [-0.39, 0.29) is 23.7 Å². The van der Waals surface area contributed by atoms with Crippen LogP contribution in [0.5, 0.6) is 0 Å². The topological polar surface area (TPSA) is 123 Å². The molecule has 0 aromatic heterocycles. The van der Waals surface area contributed by atoms with Gasteiger partial charge in [-0.15, -0.1) is 0 Å². The summed E-state index contributed by atoms with van der Waals surface area (Å²) in [4.78, 5) is 26.8. The van der Waals surface area contributed by atoms with E-state index in [1.807, 2.05) is 6.92 Å². The minimum Gasteiger partial charge on any atom is -0.511 e. The van der Waals surface area contributed by atoms with Crippen molar-refractivity contribution in [3.63, 3.8) is 0 Å². The number of fused-ring (bicyclic) bond motifs is 1. The van der Waals surface area contributed by atoms with Crippen LogP contribution in [0, 0.1) is 23.7 Å². The van der Waals surface area contributed by atoms with Gasteiger partial charge in [-0.05, 0) is 32.6 Å². The molecular weight excluding hydrogens is 380 g/mol. The summed E-state index contributed by atoms with van der Waals surface area (Å²) in [5.74, 6) is -4.08. The Kier molecular flexibility index (Phi) is 3.51. The number of rotatable bonds is 1. The molecule has 10 atom stereocenters. The number of allylic oxidation sites excluding steroid dienone is 1. The Morgan fingerprint density at radius 1 is 1.17 bits per heavy atom. The number of carbonyl (C=O) groups excluding carboxylic acids is 2. The van der Waals surface area contributed by atoms with Gasteiger partial charge in [-0.3, -0.25) is 4.79 Å². The van der Waals surface area contributed by atoms with Gasteiger partial charge in [0.2, 0.25) is 0 Å². The van der Waals surface area contributed by atoms with Crippen LogP contribution in [0.1, 0.15) is 40.5 Å². The Morgan fingerprint density at radius 2 is 1.83 bits per heavy atom. The number of hydrogen-bond acceptors (Lipinski definition) is 8. The number of ether oxygens (including phenoxy) is 3. The molecule has 3 aliphatic heterocycles. The molecule has 4 bridgehead atoms. The molecule has 3 N–H and O–H groups in total. The smallest absolute Gasteiger partial charge is 0.341 e. The van der Waals surface area contributed by atoms with Gasteiger partial charge in [-0.2, -0.15) is 0 Å². The van der Waals surface area contributed by atoms with Gasteiger partial charge in [-0.1, -0.05) is 13.8 Å². The predicted molar refractivity (Wildman–Crippen MR) is 97.7 cm³/mol. The van der Waals surface area contributed by atoms with Crippen LogP contribution in [0.25, 0.3) is 0 Å². The molecular formula is C21H28O8. The van der Waals surface area contributed by atoms with Crippen molar-refractivity contribution in [3.8, 4) is 0 Å². The van der Waals surface area contributed by atoms with Crippen molar-refractivity contribution in [2.75, 3.05) is 7.11 Å². The summed E-state index contributed by atoms with van der Waals surface area (Å²) in [6, 6.07) is 0. The van der Waals surface area contributed by atoms with Gasteiger partial charge in [0, 0.05) is 13.0 Å². The maximum atomic E-state index is 13.7. The highest BCUT2D eigenvalue weighted by Gasteiger charge is 2.90. The molecule has 160 valence electrons. The zero-order valence-electron chi connectivity index (χ0n) is 17.3. The number of aliphatic hydroxyl groups is 3. The number of ketones is 1. The van der Waals surface area contributed by atoms with E-state index >= 15 is 0 Å². The minimum absolute atomic E-state index is 0.0478. The number of aliphatic hydroxyl groups excluding tert-OH is 2. The lowest BCUT2D eigenvalue weighted by Crippen LogP contribution is -2.76. The van der Waals surface area contributed by atoms with Crippen molar-refractivity contribution in [3.05, 3.63) is 11.3 Å². The molecule has 8 heteroatoms. The molecule has 0 aromatic rings. The van der Waals surface area contributed by atoms with Crippen LogP contribution in [-0.4, -0.2) is 68.8 Å². The normalized spacial score (nSPS) is 58.2. The third kappa shape index (κ3) is 1.78. The van der Waals surface area contributed by atoms with Crippen molar-refractivity contribution < 1.29 is 39.1 Å². The maximum Gasteiger partial charge on any atom is 0.341 e. The molecule has 2 saturated carbocycles. The van der Waals surface area contributed by atoms with Gasteiger partial charge in [0.25, 0.3) is 0 Å². The summed E-state index contributed by atoms with van der Waals surface area (Å²) < 4.78 is 18.2. The first-order valence-corrected chi connectivity index (χ1v) is 10.2. The van der Waals surface area contributed by atoms with E-state index in [0.717, 1.165) is 0 Å². The first-order valence-electron chi connectivity index (χ1n) is 10.2. The molecule has 0 radical (unpaired) electrons. The van der Waals surface area contributed by atoms with E-state index in [4.69, 9.17) is 14.2 Å². The molecule has 2 spiro atoms. The molecule has 0 amide bonds. The number of hydrogen-bond donors (Lipinski definition) is 3. The first kappa shape index (κ1) is 19.5. The lowest BCUT2D eigenvalue weighted by molar-refractivity contribution is -0.343. The van der Waals surface area contributed by atoms with Crippen molar-refractivity contribution in [2.24, 2.45) is 23.7 Å². The summed E-state index contributed by atoms with van der Waals surface area (Å²) in [6.07, 6.45) is -1.55. The van der Waals surface area contributed by atoms with Crippen molar-refractivity contribution in [1.82, 2.24) is 0 Å². The minimum atomic E-state index is -1.76. The molecule has 3 saturated heterocycles.